The average molecular weight is 171 g/mol. The van der Waals surface area contributed by atoms with Crippen molar-refractivity contribution in [2.24, 2.45) is 5.92 Å². The summed E-state index contributed by atoms with van der Waals surface area (Å²) in [5.74, 6) is 0.120. The molecule has 1 fully saturated rings. The molecule has 12 heavy (non-hydrogen) atoms. The van der Waals surface area contributed by atoms with Crippen LogP contribution in [0.5, 0.6) is 0 Å². The van der Waals surface area contributed by atoms with Gasteiger partial charge in [-0.15, -0.1) is 0 Å². The van der Waals surface area contributed by atoms with Gasteiger partial charge in [-0.3, -0.25) is 9.59 Å². The van der Waals surface area contributed by atoms with Gasteiger partial charge in [0.15, 0.2) is 0 Å². The molecule has 3 heteroatoms. The Morgan fingerprint density at radius 2 is 2.08 bits per heavy atom. The van der Waals surface area contributed by atoms with E-state index in [-0.39, 0.29) is 17.6 Å². The molecular formula is C9H17NO2. The van der Waals surface area contributed by atoms with E-state index in [1.54, 1.807) is 6.92 Å². The van der Waals surface area contributed by atoms with Crippen molar-refractivity contribution in [2.45, 2.75) is 33.6 Å². The molecule has 0 bridgehead atoms. The van der Waals surface area contributed by atoms with Gasteiger partial charge >= 0.3 is 0 Å². The summed E-state index contributed by atoms with van der Waals surface area (Å²) in [6.07, 6.45) is 1.19. The molecule has 0 aromatic rings. The third-order valence-electron chi connectivity index (χ3n) is 1.82. The molecule has 0 aromatic heterocycles. The first kappa shape index (κ1) is 11.1. The minimum atomic E-state index is -0.0197. The summed E-state index contributed by atoms with van der Waals surface area (Å²) in [5, 5.41) is 2.68. The van der Waals surface area contributed by atoms with E-state index in [1.807, 2.05) is 13.8 Å². The molecule has 70 valence electrons. The monoisotopic (exact) mass is 171 g/mol. The molecule has 0 saturated carbocycles. The number of ketones is 1. The lowest BCUT2D eigenvalue weighted by molar-refractivity contribution is -0.130. The number of hydrogen-bond acceptors (Lipinski definition) is 2. The fraction of sp³-hybridized carbons (Fsp3) is 0.778. The Morgan fingerprint density at radius 3 is 2.42 bits per heavy atom. The first-order valence-electron chi connectivity index (χ1n) is 4.47. The zero-order valence-corrected chi connectivity index (χ0v) is 8.02. The molecule has 3 nitrogen and oxygen atoms in total. The molecule has 0 radical (unpaired) electrons. The van der Waals surface area contributed by atoms with Crippen molar-refractivity contribution < 1.29 is 9.59 Å². The lowest BCUT2D eigenvalue weighted by Crippen LogP contribution is -2.35. The molecular weight excluding hydrogens is 154 g/mol. The summed E-state index contributed by atoms with van der Waals surface area (Å²) in [5.41, 5.74) is 0. The summed E-state index contributed by atoms with van der Waals surface area (Å²) in [6, 6.07) is 0. The van der Waals surface area contributed by atoms with Crippen molar-refractivity contribution in [3.05, 3.63) is 0 Å². The molecule has 1 aliphatic rings. The molecule has 1 unspecified atom stereocenters. The van der Waals surface area contributed by atoms with E-state index < -0.39 is 0 Å². The van der Waals surface area contributed by atoms with Crippen molar-refractivity contribution in [1.29, 1.82) is 0 Å². The van der Waals surface area contributed by atoms with Crippen molar-refractivity contribution in [2.75, 3.05) is 6.54 Å². The molecule has 1 saturated heterocycles. The number of amides is 1. The smallest absolute Gasteiger partial charge is 0.220 e. The number of carbonyl (C=O) groups excluding carboxylic acids is 2. The lowest BCUT2D eigenvalue weighted by Gasteiger charge is -2.18. The van der Waals surface area contributed by atoms with Gasteiger partial charge in [-0.1, -0.05) is 13.8 Å². The van der Waals surface area contributed by atoms with Crippen LogP contribution in [0.15, 0.2) is 0 Å². The largest absolute Gasteiger partial charge is 0.356 e. The molecule has 0 aromatic carbocycles. The van der Waals surface area contributed by atoms with E-state index in [0.717, 1.165) is 6.42 Å². The highest BCUT2D eigenvalue weighted by Gasteiger charge is 2.21. The fourth-order valence-corrected chi connectivity index (χ4v) is 1.13. The zero-order valence-electron chi connectivity index (χ0n) is 8.02. The van der Waals surface area contributed by atoms with Crippen LogP contribution < -0.4 is 5.32 Å². The van der Waals surface area contributed by atoms with Crippen LogP contribution in [-0.4, -0.2) is 18.2 Å². The predicted molar refractivity (Wildman–Crippen MR) is 47.8 cm³/mol. The topological polar surface area (TPSA) is 46.2 Å². The Labute approximate surface area is 73.5 Å². The fourth-order valence-electron chi connectivity index (χ4n) is 1.13. The van der Waals surface area contributed by atoms with Crippen molar-refractivity contribution >= 4 is 11.7 Å². The molecule has 1 atom stereocenters. The number of piperidine rings is 1. The SMILES string of the molecule is CC.CC(=O)C1CCNC(=O)C1. The quantitative estimate of drug-likeness (QED) is 0.642. The average Bonchev–Trinajstić information content (AvgIpc) is 2.08. The predicted octanol–water partition coefficient (Wildman–Crippen LogP) is 1.13. The van der Waals surface area contributed by atoms with Gasteiger partial charge < -0.3 is 5.32 Å². The Bertz CT molecular complexity index is 164. The summed E-state index contributed by atoms with van der Waals surface area (Å²) >= 11 is 0. The van der Waals surface area contributed by atoms with E-state index in [0.29, 0.717) is 13.0 Å². The van der Waals surface area contributed by atoms with Gasteiger partial charge in [0.05, 0.1) is 0 Å². The molecule has 0 aliphatic carbocycles. The van der Waals surface area contributed by atoms with E-state index >= 15 is 0 Å². The van der Waals surface area contributed by atoms with Gasteiger partial charge in [0.2, 0.25) is 5.91 Å². The highest BCUT2D eigenvalue weighted by Crippen LogP contribution is 2.12. The first-order valence-corrected chi connectivity index (χ1v) is 4.47. The second kappa shape index (κ2) is 5.75. The standard InChI is InChI=1S/C7H11NO2.C2H6/c1-5(9)6-2-3-8-7(10)4-6;1-2/h6H,2-4H2,1H3,(H,8,10);1-2H3. The number of carbonyl (C=O) groups is 2. The van der Waals surface area contributed by atoms with Gasteiger partial charge in [0, 0.05) is 18.9 Å². The second-order valence-electron chi connectivity index (χ2n) is 2.65. The minimum absolute atomic E-state index is 0.00597. The number of Topliss-reactive ketones (excluding diaryl/α,β-unsaturated/α-hetero) is 1. The minimum Gasteiger partial charge on any atom is -0.356 e. The van der Waals surface area contributed by atoms with E-state index in [2.05, 4.69) is 5.32 Å². The molecule has 1 aliphatic heterocycles. The normalized spacial score (nSPS) is 21.9. The molecule has 1 N–H and O–H groups in total. The third kappa shape index (κ3) is 3.51. The lowest BCUT2D eigenvalue weighted by atomic mass is 9.94. The van der Waals surface area contributed by atoms with Crippen LogP contribution in [0.1, 0.15) is 33.6 Å². The van der Waals surface area contributed by atoms with Gasteiger partial charge in [-0.25, -0.2) is 0 Å². The number of rotatable bonds is 1. The number of nitrogens with one attached hydrogen (secondary N) is 1. The third-order valence-corrected chi connectivity index (χ3v) is 1.82. The number of hydrogen-bond donors (Lipinski definition) is 1. The Balaban J connectivity index is 0.000000561. The molecule has 1 rings (SSSR count). The molecule has 0 spiro atoms. The van der Waals surface area contributed by atoms with Crippen LogP contribution in [0.2, 0.25) is 0 Å². The summed E-state index contributed by atoms with van der Waals surface area (Å²) in [4.78, 5) is 21.5. The van der Waals surface area contributed by atoms with E-state index in [4.69, 9.17) is 0 Å². The van der Waals surface area contributed by atoms with Gasteiger partial charge in [-0.2, -0.15) is 0 Å². The van der Waals surface area contributed by atoms with Crippen LogP contribution in [0.3, 0.4) is 0 Å². The summed E-state index contributed by atoms with van der Waals surface area (Å²) in [7, 11) is 0. The van der Waals surface area contributed by atoms with Crippen LogP contribution in [0.25, 0.3) is 0 Å². The van der Waals surface area contributed by atoms with Crippen molar-refractivity contribution in [3.8, 4) is 0 Å². The van der Waals surface area contributed by atoms with E-state index in [9.17, 15) is 9.59 Å². The Hall–Kier alpha value is -0.860. The maximum absolute atomic E-state index is 10.8. The van der Waals surface area contributed by atoms with Crippen LogP contribution in [-0.2, 0) is 9.59 Å². The van der Waals surface area contributed by atoms with Crippen LogP contribution >= 0.6 is 0 Å². The second-order valence-corrected chi connectivity index (χ2v) is 2.65. The summed E-state index contributed by atoms with van der Waals surface area (Å²) in [6.45, 7) is 6.20. The molecule has 1 heterocycles. The van der Waals surface area contributed by atoms with Crippen molar-refractivity contribution in [3.63, 3.8) is 0 Å². The van der Waals surface area contributed by atoms with Gasteiger partial charge in [-0.05, 0) is 13.3 Å². The summed E-state index contributed by atoms with van der Waals surface area (Å²) < 4.78 is 0. The van der Waals surface area contributed by atoms with Crippen LogP contribution in [0.4, 0.5) is 0 Å². The van der Waals surface area contributed by atoms with Crippen molar-refractivity contribution in [1.82, 2.24) is 5.32 Å². The zero-order chi connectivity index (χ0) is 9.56. The maximum Gasteiger partial charge on any atom is 0.220 e. The van der Waals surface area contributed by atoms with Gasteiger partial charge in [0.25, 0.3) is 0 Å². The maximum atomic E-state index is 10.8. The van der Waals surface area contributed by atoms with E-state index in [1.165, 1.54) is 0 Å². The van der Waals surface area contributed by atoms with Gasteiger partial charge in [0.1, 0.15) is 5.78 Å². The first-order chi connectivity index (χ1) is 5.70. The Morgan fingerprint density at radius 1 is 1.50 bits per heavy atom. The molecule has 1 amide bonds. The highest BCUT2D eigenvalue weighted by molar-refractivity contribution is 5.86. The highest BCUT2D eigenvalue weighted by atomic mass is 16.2. The van der Waals surface area contributed by atoms with Crippen LogP contribution in [0, 0.1) is 5.92 Å². The Kier molecular flexibility index (Phi) is 5.34.